The summed E-state index contributed by atoms with van der Waals surface area (Å²) in [6.07, 6.45) is 0.325. The second-order valence-corrected chi connectivity index (χ2v) is 11.3. The number of hydrogen-bond acceptors (Lipinski definition) is 5. The summed E-state index contributed by atoms with van der Waals surface area (Å²) in [5.74, 6) is 0.337. The van der Waals surface area contributed by atoms with Gasteiger partial charge in [0, 0.05) is 53.0 Å². The number of thioether (sulfide) groups is 1. The smallest absolute Gasteiger partial charge is 0.269 e. The van der Waals surface area contributed by atoms with Crippen molar-refractivity contribution in [1.82, 2.24) is 10.2 Å². The maximum atomic E-state index is 13.7. The van der Waals surface area contributed by atoms with Gasteiger partial charge in [-0.1, -0.05) is 85.6 Å². The van der Waals surface area contributed by atoms with Crippen molar-refractivity contribution in [3.05, 3.63) is 110 Å². The highest BCUT2D eigenvalue weighted by Crippen LogP contribution is 2.28. The number of nitrogens with one attached hydrogen (secondary N) is 1. The van der Waals surface area contributed by atoms with Gasteiger partial charge in [-0.05, 0) is 29.2 Å². The van der Waals surface area contributed by atoms with Gasteiger partial charge in [0.15, 0.2) is 0 Å². The molecule has 0 aliphatic rings. The molecule has 0 saturated heterocycles. The topological polar surface area (TPSA) is 92.6 Å². The molecule has 10 heteroatoms. The summed E-state index contributed by atoms with van der Waals surface area (Å²) in [6, 6.07) is 20.2. The van der Waals surface area contributed by atoms with E-state index in [1.807, 2.05) is 44.2 Å². The minimum atomic E-state index is -0.786. The molecule has 0 fully saturated rings. The lowest BCUT2D eigenvalue weighted by Crippen LogP contribution is -2.51. The maximum Gasteiger partial charge on any atom is 0.269 e. The number of rotatable bonds is 13. The van der Waals surface area contributed by atoms with Gasteiger partial charge in [0.05, 0.1) is 10.7 Å². The highest BCUT2D eigenvalue weighted by Gasteiger charge is 2.31. The lowest BCUT2D eigenvalue weighted by atomic mass is 10.0. The van der Waals surface area contributed by atoms with E-state index in [-0.39, 0.29) is 35.7 Å². The van der Waals surface area contributed by atoms with E-state index in [4.69, 9.17) is 23.2 Å². The SMILES string of the molecule is CC(C)CNC(=O)C(Cc1ccccc1)N(Cc1c(Cl)cccc1Cl)C(=O)CSCc1ccc([N+](=O)[O-])cc1. The molecule has 3 rings (SSSR count). The van der Waals surface area contributed by atoms with Crippen molar-refractivity contribution in [3.8, 4) is 0 Å². The molecule has 0 aliphatic heterocycles. The number of nitro groups is 1. The highest BCUT2D eigenvalue weighted by atomic mass is 35.5. The Labute approximate surface area is 243 Å². The average Bonchev–Trinajstić information content (AvgIpc) is 2.91. The summed E-state index contributed by atoms with van der Waals surface area (Å²) in [5.41, 5.74) is 2.36. The van der Waals surface area contributed by atoms with Crippen molar-refractivity contribution in [2.75, 3.05) is 12.3 Å². The van der Waals surface area contributed by atoms with Crippen LogP contribution in [0.1, 0.15) is 30.5 Å². The first kappa shape index (κ1) is 30.5. The van der Waals surface area contributed by atoms with E-state index in [1.54, 1.807) is 35.2 Å². The Morgan fingerprint density at radius 1 is 0.949 bits per heavy atom. The summed E-state index contributed by atoms with van der Waals surface area (Å²) < 4.78 is 0. The van der Waals surface area contributed by atoms with Crippen molar-refractivity contribution < 1.29 is 14.5 Å². The molecule has 2 amide bonds. The third kappa shape index (κ3) is 9.27. The number of benzene rings is 3. The quantitative estimate of drug-likeness (QED) is 0.181. The van der Waals surface area contributed by atoms with Crippen molar-refractivity contribution in [2.45, 2.75) is 38.6 Å². The fourth-order valence-corrected chi connectivity index (χ4v) is 5.27. The van der Waals surface area contributed by atoms with E-state index in [9.17, 15) is 19.7 Å². The molecule has 1 N–H and O–H groups in total. The molecule has 0 aromatic heterocycles. The zero-order valence-corrected chi connectivity index (χ0v) is 24.1. The fourth-order valence-electron chi connectivity index (χ4n) is 3.88. The van der Waals surface area contributed by atoms with Crippen LogP contribution >= 0.6 is 35.0 Å². The predicted molar refractivity (Wildman–Crippen MR) is 158 cm³/mol. The van der Waals surface area contributed by atoms with Gasteiger partial charge in [-0.25, -0.2) is 0 Å². The van der Waals surface area contributed by atoms with Gasteiger partial charge >= 0.3 is 0 Å². The van der Waals surface area contributed by atoms with Crippen LogP contribution in [0.4, 0.5) is 5.69 Å². The molecule has 1 unspecified atom stereocenters. The Hall–Kier alpha value is -3.07. The monoisotopic (exact) mass is 587 g/mol. The van der Waals surface area contributed by atoms with Crippen LogP contribution in [0.2, 0.25) is 10.0 Å². The van der Waals surface area contributed by atoms with Gasteiger partial charge in [-0.3, -0.25) is 19.7 Å². The van der Waals surface area contributed by atoms with Gasteiger partial charge in [-0.15, -0.1) is 11.8 Å². The average molecular weight is 589 g/mol. The Balaban J connectivity index is 1.86. The molecule has 0 bridgehead atoms. The molecule has 0 spiro atoms. The van der Waals surface area contributed by atoms with Gasteiger partial charge in [-0.2, -0.15) is 0 Å². The first-order chi connectivity index (χ1) is 18.7. The maximum absolute atomic E-state index is 13.7. The molecule has 7 nitrogen and oxygen atoms in total. The van der Waals surface area contributed by atoms with E-state index in [2.05, 4.69) is 5.32 Å². The van der Waals surface area contributed by atoms with Gasteiger partial charge in [0.25, 0.3) is 5.69 Å². The molecular weight excluding hydrogens is 557 g/mol. The summed E-state index contributed by atoms with van der Waals surface area (Å²) >= 11 is 14.3. The predicted octanol–water partition coefficient (Wildman–Crippen LogP) is 6.55. The lowest BCUT2D eigenvalue weighted by Gasteiger charge is -2.32. The van der Waals surface area contributed by atoms with E-state index in [1.165, 1.54) is 23.9 Å². The van der Waals surface area contributed by atoms with Crippen LogP contribution in [0.5, 0.6) is 0 Å². The summed E-state index contributed by atoms with van der Waals surface area (Å²) in [7, 11) is 0. The zero-order valence-electron chi connectivity index (χ0n) is 21.8. The van der Waals surface area contributed by atoms with Crippen molar-refractivity contribution in [3.63, 3.8) is 0 Å². The number of nitrogens with zero attached hydrogens (tertiary/aromatic N) is 2. The van der Waals surface area contributed by atoms with Gasteiger partial charge < -0.3 is 10.2 Å². The number of halogens is 2. The van der Waals surface area contributed by atoms with Gasteiger partial charge in [0.1, 0.15) is 6.04 Å². The molecule has 0 heterocycles. The summed E-state index contributed by atoms with van der Waals surface area (Å²) in [4.78, 5) is 39.3. The number of amides is 2. The van der Waals surface area contributed by atoms with Crippen LogP contribution in [0.3, 0.4) is 0 Å². The van der Waals surface area contributed by atoms with Crippen molar-refractivity contribution >= 4 is 52.5 Å². The van der Waals surface area contributed by atoms with Crippen LogP contribution in [-0.2, 0) is 28.3 Å². The highest BCUT2D eigenvalue weighted by molar-refractivity contribution is 7.99. The van der Waals surface area contributed by atoms with Crippen molar-refractivity contribution in [2.24, 2.45) is 5.92 Å². The number of hydrogen-bond donors (Lipinski definition) is 1. The van der Waals surface area contributed by atoms with E-state index in [0.29, 0.717) is 34.3 Å². The first-order valence-electron chi connectivity index (χ1n) is 12.5. The minimum absolute atomic E-state index is 0.0128. The molecular formula is C29H31Cl2N3O4S. The standard InChI is InChI=1S/C29H31Cl2N3O4S/c1-20(2)16-32-29(36)27(15-21-7-4-3-5-8-21)33(17-24-25(30)9-6-10-26(24)31)28(35)19-39-18-22-11-13-23(14-12-22)34(37)38/h3-14,20,27H,15-19H2,1-2H3,(H,32,36). The molecule has 0 saturated carbocycles. The molecule has 206 valence electrons. The number of nitro benzene ring substituents is 1. The van der Waals surface area contributed by atoms with Crippen LogP contribution < -0.4 is 5.32 Å². The van der Waals surface area contributed by atoms with Crippen LogP contribution in [0, 0.1) is 16.0 Å². The number of carbonyl (C=O) groups is 2. The molecule has 0 radical (unpaired) electrons. The molecule has 0 aliphatic carbocycles. The Kier molecular flexibility index (Phi) is 11.7. The Morgan fingerprint density at radius 2 is 1.59 bits per heavy atom. The van der Waals surface area contributed by atoms with E-state index < -0.39 is 11.0 Å². The van der Waals surface area contributed by atoms with Gasteiger partial charge in [0.2, 0.25) is 11.8 Å². The third-order valence-corrected chi connectivity index (χ3v) is 7.68. The largest absolute Gasteiger partial charge is 0.354 e. The van der Waals surface area contributed by atoms with Crippen LogP contribution in [0.25, 0.3) is 0 Å². The minimum Gasteiger partial charge on any atom is -0.354 e. The fraction of sp³-hybridized carbons (Fsp3) is 0.310. The number of carbonyl (C=O) groups excluding carboxylic acids is 2. The van der Waals surface area contributed by atoms with Crippen molar-refractivity contribution in [1.29, 1.82) is 0 Å². The second kappa shape index (κ2) is 14.9. The second-order valence-electron chi connectivity index (χ2n) is 9.48. The molecule has 3 aromatic carbocycles. The molecule has 1 atom stereocenters. The third-order valence-electron chi connectivity index (χ3n) is 5.99. The Bertz CT molecular complexity index is 1250. The lowest BCUT2D eigenvalue weighted by molar-refractivity contribution is -0.384. The van der Waals surface area contributed by atoms with Crippen LogP contribution in [0.15, 0.2) is 72.8 Å². The Morgan fingerprint density at radius 3 is 2.18 bits per heavy atom. The van der Waals surface area contributed by atoms with E-state index in [0.717, 1.165) is 11.1 Å². The molecule has 3 aromatic rings. The zero-order chi connectivity index (χ0) is 28.4. The summed E-state index contributed by atoms with van der Waals surface area (Å²) in [6.45, 7) is 4.57. The van der Waals surface area contributed by atoms with E-state index >= 15 is 0 Å². The van der Waals surface area contributed by atoms with Crippen LogP contribution in [-0.4, -0.2) is 40.0 Å². The normalized spacial score (nSPS) is 11.7. The first-order valence-corrected chi connectivity index (χ1v) is 14.4. The molecule has 39 heavy (non-hydrogen) atoms. The summed E-state index contributed by atoms with van der Waals surface area (Å²) in [5, 5.41) is 14.7. The number of non-ortho nitro benzene ring substituents is 1.